The summed E-state index contributed by atoms with van der Waals surface area (Å²) in [7, 11) is 9.28. The highest BCUT2D eigenvalue weighted by Gasteiger charge is 2.40. The molecule has 156 valence electrons. The number of anilines is 1. The Bertz CT molecular complexity index is 862. The van der Waals surface area contributed by atoms with Crippen LogP contribution in [-0.2, 0) is 4.79 Å². The first-order valence-corrected chi connectivity index (χ1v) is 8.94. The topological polar surface area (TPSA) is 75.7 Å². The van der Waals surface area contributed by atoms with E-state index in [1.807, 2.05) is 12.1 Å². The molecule has 1 atom stereocenters. The summed E-state index contributed by atoms with van der Waals surface area (Å²) >= 11 is 0. The number of amides is 1. The van der Waals surface area contributed by atoms with Crippen LogP contribution < -0.4 is 33.3 Å². The predicted molar refractivity (Wildman–Crippen MR) is 107 cm³/mol. The van der Waals surface area contributed by atoms with Crippen LogP contribution >= 0.6 is 0 Å². The second kappa shape index (κ2) is 8.38. The molecule has 8 heteroatoms. The van der Waals surface area contributed by atoms with Gasteiger partial charge in [0.1, 0.15) is 0 Å². The molecule has 1 heterocycles. The van der Waals surface area contributed by atoms with Gasteiger partial charge < -0.3 is 33.3 Å². The third-order valence-electron chi connectivity index (χ3n) is 4.95. The summed E-state index contributed by atoms with van der Waals surface area (Å²) < 4.78 is 32.5. The van der Waals surface area contributed by atoms with Crippen molar-refractivity contribution in [3.8, 4) is 34.5 Å². The number of carbonyl (C=O) groups excluding carboxylic acids is 1. The molecule has 1 amide bonds. The van der Waals surface area contributed by atoms with Gasteiger partial charge >= 0.3 is 0 Å². The van der Waals surface area contributed by atoms with Gasteiger partial charge in [-0.15, -0.1) is 0 Å². The molecule has 0 aromatic heterocycles. The molecule has 2 aromatic rings. The third kappa shape index (κ3) is 3.46. The monoisotopic (exact) mass is 403 g/mol. The lowest BCUT2D eigenvalue weighted by atomic mass is 9.92. The van der Waals surface area contributed by atoms with Gasteiger partial charge in [-0.3, -0.25) is 4.79 Å². The fraction of sp³-hybridized carbons (Fsp3) is 0.381. The van der Waals surface area contributed by atoms with Crippen LogP contribution in [0.5, 0.6) is 34.5 Å². The Morgan fingerprint density at radius 1 is 0.690 bits per heavy atom. The molecule has 1 unspecified atom stereocenters. The minimum atomic E-state index is -0.195. The van der Waals surface area contributed by atoms with Gasteiger partial charge in [0.25, 0.3) is 0 Å². The van der Waals surface area contributed by atoms with Crippen LogP contribution in [0, 0.1) is 0 Å². The molecule has 0 N–H and O–H groups in total. The normalized spacial score (nSPS) is 15.4. The fourth-order valence-electron chi connectivity index (χ4n) is 3.51. The van der Waals surface area contributed by atoms with Gasteiger partial charge in [0, 0.05) is 12.1 Å². The Hall–Kier alpha value is -3.29. The zero-order valence-corrected chi connectivity index (χ0v) is 17.4. The molecule has 0 spiro atoms. The third-order valence-corrected chi connectivity index (χ3v) is 4.95. The molecule has 3 rings (SSSR count). The lowest BCUT2D eigenvalue weighted by molar-refractivity contribution is -0.124. The molecule has 1 saturated heterocycles. The van der Waals surface area contributed by atoms with Gasteiger partial charge in [0.05, 0.1) is 60.8 Å². The van der Waals surface area contributed by atoms with Crippen LogP contribution in [0.25, 0.3) is 0 Å². The zero-order chi connectivity index (χ0) is 21.1. The average Bonchev–Trinajstić information content (AvgIpc) is 2.75. The molecular formula is C21H25NO7. The minimum absolute atomic E-state index is 0.0157. The number of hydrogen-bond acceptors (Lipinski definition) is 7. The summed E-state index contributed by atoms with van der Waals surface area (Å²) in [5.74, 6) is 2.98. The van der Waals surface area contributed by atoms with Gasteiger partial charge in [-0.25, -0.2) is 0 Å². The van der Waals surface area contributed by atoms with E-state index in [1.54, 1.807) is 38.4 Å². The predicted octanol–water partition coefficient (Wildman–Crippen LogP) is 3.22. The fourth-order valence-corrected chi connectivity index (χ4v) is 3.51. The molecule has 8 nitrogen and oxygen atoms in total. The largest absolute Gasteiger partial charge is 0.493 e. The van der Waals surface area contributed by atoms with Crippen LogP contribution in [0.15, 0.2) is 24.3 Å². The number of carbonyl (C=O) groups is 1. The van der Waals surface area contributed by atoms with Crippen molar-refractivity contribution in [2.24, 2.45) is 0 Å². The Morgan fingerprint density at radius 3 is 1.45 bits per heavy atom. The quantitative estimate of drug-likeness (QED) is 0.627. The summed E-state index contributed by atoms with van der Waals surface area (Å²) in [4.78, 5) is 14.2. The van der Waals surface area contributed by atoms with Crippen LogP contribution in [0.3, 0.4) is 0 Å². The number of ether oxygens (including phenoxy) is 6. The van der Waals surface area contributed by atoms with E-state index in [1.165, 1.54) is 21.3 Å². The molecular weight excluding hydrogens is 378 g/mol. The molecule has 0 radical (unpaired) electrons. The van der Waals surface area contributed by atoms with Gasteiger partial charge in [-0.2, -0.15) is 0 Å². The van der Waals surface area contributed by atoms with Crippen LogP contribution in [0.4, 0.5) is 5.69 Å². The molecule has 1 fully saturated rings. The standard InChI is InChI=1S/C21H25NO7/c1-24-15-7-12(8-16(25-2)20(15)28-5)14-11-19(23)22(14)13-9-17(26-3)21(29-6)18(10-13)27-4/h7-10,14H,11H2,1-6H3. The number of methoxy groups -OCH3 is 6. The average molecular weight is 403 g/mol. The van der Waals surface area contributed by atoms with Crippen molar-refractivity contribution in [3.63, 3.8) is 0 Å². The molecule has 0 aliphatic carbocycles. The molecule has 0 bridgehead atoms. The first-order chi connectivity index (χ1) is 14.0. The van der Waals surface area contributed by atoms with E-state index in [4.69, 9.17) is 28.4 Å². The highest BCUT2D eigenvalue weighted by Crippen LogP contribution is 2.48. The number of β-lactam (4-membered cyclic amide) rings is 1. The second-order valence-corrected chi connectivity index (χ2v) is 6.33. The van der Waals surface area contributed by atoms with E-state index in [0.29, 0.717) is 46.6 Å². The van der Waals surface area contributed by atoms with E-state index >= 15 is 0 Å². The Labute approximate surface area is 169 Å². The highest BCUT2D eigenvalue weighted by atomic mass is 16.5. The number of rotatable bonds is 8. The lowest BCUT2D eigenvalue weighted by Crippen LogP contribution is -2.46. The first-order valence-electron chi connectivity index (χ1n) is 8.94. The van der Waals surface area contributed by atoms with E-state index < -0.39 is 0 Å². The van der Waals surface area contributed by atoms with Crippen LogP contribution in [-0.4, -0.2) is 48.6 Å². The van der Waals surface area contributed by atoms with E-state index in [2.05, 4.69) is 0 Å². The van der Waals surface area contributed by atoms with Gasteiger partial charge in [-0.05, 0) is 17.7 Å². The second-order valence-electron chi connectivity index (χ2n) is 6.33. The van der Waals surface area contributed by atoms with Crippen molar-refractivity contribution in [2.45, 2.75) is 12.5 Å². The minimum Gasteiger partial charge on any atom is -0.493 e. The van der Waals surface area contributed by atoms with Crippen LogP contribution in [0.2, 0.25) is 0 Å². The number of hydrogen-bond donors (Lipinski definition) is 0. The SMILES string of the molecule is COc1cc(C2CC(=O)N2c2cc(OC)c(OC)c(OC)c2)cc(OC)c1OC. The van der Waals surface area contributed by atoms with Gasteiger partial charge in [0.15, 0.2) is 23.0 Å². The van der Waals surface area contributed by atoms with Crippen molar-refractivity contribution >= 4 is 11.6 Å². The highest BCUT2D eigenvalue weighted by molar-refractivity contribution is 6.01. The van der Waals surface area contributed by atoms with E-state index in [9.17, 15) is 4.79 Å². The number of benzene rings is 2. The van der Waals surface area contributed by atoms with E-state index in [0.717, 1.165) is 5.56 Å². The molecule has 0 saturated carbocycles. The zero-order valence-electron chi connectivity index (χ0n) is 17.4. The van der Waals surface area contributed by atoms with Crippen molar-refractivity contribution in [1.82, 2.24) is 0 Å². The molecule has 1 aliphatic heterocycles. The summed E-state index contributed by atoms with van der Waals surface area (Å²) in [5.41, 5.74) is 1.52. The molecule has 2 aromatic carbocycles. The maximum Gasteiger partial charge on any atom is 0.230 e. The maximum absolute atomic E-state index is 12.5. The number of nitrogens with zero attached hydrogens (tertiary/aromatic N) is 1. The van der Waals surface area contributed by atoms with Crippen LogP contribution in [0.1, 0.15) is 18.0 Å². The van der Waals surface area contributed by atoms with E-state index in [-0.39, 0.29) is 11.9 Å². The summed E-state index contributed by atoms with van der Waals surface area (Å²) in [6, 6.07) is 7.01. The smallest absolute Gasteiger partial charge is 0.230 e. The first kappa shape index (κ1) is 20.4. The van der Waals surface area contributed by atoms with Gasteiger partial charge in [0.2, 0.25) is 17.4 Å². The van der Waals surface area contributed by atoms with Crippen molar-refractivity contribution in [2.75, 3.05) is 47.6 Å². The Balaban J connectivity index is 2.06. The Morgan fingerprint density at radius 2 is 1.10 bits per heavy atom. The lowest BCUT2D eigenvalue weighted by Gasteiger charge is -2.41. The van der Waals surface area contributed by atoms with Crippen molar-refractivity contribution < 1.29 is 33.2 Å². The molecule has 29 heavy (non-hydrogen) atoms. The van der Waals surface area contributed by atoms with Crippen molar-refractivity contribution in [3.05, 3.63) is 29.8 Å². The molecule has 1 aliphatic rings. The summed E-state index contributed by atoms with van der Waals surface area (Å²) in [6.07, 6.45) is 0.356. The maximum atomic E-state index is 12.5. The van der Waals surface area contributed by atoms with Crippen molar-refractivity contribution in [1.29, 1.82) is 0 Å². The summed E-state index contributed by atoms with van der Waals surface area (Å²) in [5, 5.41) is 0. The summed E-state index contributed by atoms with van der Waals surface area (Å²) in [6.45, 7) is 0. The van der Waals surface area contributed by atoms with Gasteiger partial charge in [-0.1, -0.05) is 0 Å². The Kier molecular flexibility index (Phi) is 5.91.